The molecule has 0 spiro atoms. The summed E-state index contributed by atoms with van der Waals surface area (Å²) >= 11 is 0. The predicted molar refractivity (Wildman–Crippen MR) is 50.8 cm³/mol. The minimum absolute atomic E-state index is 0.115. The molecule has 0 atom stereocenters. The zero-order chi connectivity index (χ0) is 9.73. The fraction of sp³-hybridized carbons (Fsp3) is 1.00. The van der Waals surface area contributed by atoms with E-state index < -0.39 is 10.0 Å². The molecule has 0 bridgehead atoms. The molecule has 0 aromatic heterocycles. The van der Waals surface area contributed by atoms with E-state index >= 15 is 0 Å². The van der Waals surface area contributed by atoms with Gasteiger partial charge in [0.15, 0.2) is 0 Å². The Labute approximate surface area is 79.5 Å². The summed E-state index contributed by atoms with van der Waals surface area (Å²) in [6.45, 7) is 1.64. The maximum absolute atomic E-state index is 10.6. The van der Waals surface area contributed by atoms with Crippen molar-refractivity contribution in [3.63, 3.8) is 0 Å². The Kier molecular flexibility index (Phi) is 4.15. The highest BCUT2D eigenvalue weighted by Gasteiger charge is 2.14. The van der Waals surface area contributed by atoms with Crippen LogP contribution in [-0.2, 0) is 14.8 Å². The Morgan fingerprint density at radius 2 is 1.92 bits per heavy atom. The number of hydrogen-bond donors (Lipinski definition) is 1. The molecule has 78 valence electrons. The minimum Gasteiger partial charge on any atom is -0.381 e. The molecule has 0 aromatic rings. The van der Waals surface area contributed by atoms with E-state index in [1.54, 1.807) is 0 Å². The molecule has 0 radical (unpaired) electrons. The van der Waals surface area contributed by atoms with Gasteiger partial charge < -0.3 is 4.74 Å². The SMILES string of the molecule is NS(=O)(=O)CCCC1CCOCC1. The second-order valence-corrected chi connectivity index (χ2v) is 5.30. The van der Waals surface area contributed by atoms with E-state index in [-0.39, 0.29) is 5.75 Å². The summed E-state index contributed by atoms with van der Waals surface area (Å²) in [5.74, 6) is 0.750. The number of nitrogens with two attached hydrogens (primary N) is 1. The number of hydrogen-bond acceptors (Lipinski definition) is 3. The highest BCUT2D eigenvalue weighted by molar-refractivity contribution is 7.89. The standard InChI is InChI=1S/C8H17NO3S/c9-13(10,11)7-1-2-8-3-5-12-6-4-8/h8H,1-7H2,(H2,9,10,11). The van der Waals surface area contributed by atoms with Crippen molar-refractivity contribution in [3.8, 4) is 0 Å². The molecule has 1 aliphatic rings. The van der Waals surface area contributed by atoms with Crippen LogP contribution in [0.3, 0.4) is 0 Å². The van der Waals surface area contributed by atoms with Gasteiger partial charge in [-0.1, -0.05) is 0 Å². The number of ether oxygens (including phenoxy) is 1. The highest BCUT2D eigenvalue weighted by atomic mass is 32.2. The summed E-state index contributed by atoms with van der Waals surface area (Å²) in [5.41, 5.74) is 0. The lowest BCUT2D eigenvalue weighted by molar-refractivity contribution is 0.0638. The van der Waals surface area contributed by atoms with E-state index in [9.17, 15) is 8.42 Å². The zero-order valence-electron chi connectivity index (χ0n) is 7.74. The molecule has 13 heavy (non-hydrogen) atoms. The molecule has 2 N–H and O–H groups in total. The quantitative estimate of drug-likeness (QED) is 0.729. The first-order chi connectivity index (χ1) is 6.08. The molecule has 1 aliphatic heterocycles. The van der Waals surface area contributed by atoms with E-state index in [0.717, 1.165) is 32.5 Å². The van der Waals surface area contributed by atoms with Crippen LogP contribution in [0.15, 0.2) is 0 Å². The monoisotopic (exact) mass is 207 g/mol. The second kappa shape index (κ2) is 4.93. The average Bonchev–Trinajstić information content (AvgIpc) is 2.04. The predicted octanol–water partition coefficient (Wildman–Crippen LogP) is 0.482. The van der Waals surface area contributed by atoms with Crippen LogP contribution in [-0.4, -0.2) is 27.4 Å². The van der Waals surface area contributed by atoms with E-state index in [4.69, 9.17) is 9.88 Å². The van der Waals surface area contributed by atoms with Crippen LogP contribution in [0.25, 0.3) is 0 Å². The molecule has 0 aromatic carbocycles. The van der Waals surface area contributed by atoms with Gasteiger partial charge in [0.05, 0.1) is 5.75 Å². The van der Waals surface area contributed by atoms with Crippen LogP contribution in [0, 0.1) is 5.92 Å². The molecule has 5 heteroatoms. The third-order valence-electron chi connectivity index (χ3n) is 2.38. The smallest absolute Gasteiger partial charge is 0.209 e. The van der Waals surface area contributed by atoms with Gasteiger partial charge in [-0.05, 0) is 31.6 Å². The average molecular weight is 207 g/mol. The van der Waals surface area contributed by atoms with Gasteiger partial charge in [-0.3, -0.25) is 0 Å². The molecule has 4 nitrogen and oxygen atoms in total. The minimum atomic E-state index is -3.26. The van der Waals surface area contributed by atoms with Crippen LogP contribution >= 0.6 is 0 Å². The van der Waals surface area contributed by atoms with Crippen molar-refractivity contribution in [1.82, 2.24) is 0 Å². The molecule has 1 fully saturated rings. The lowest BCUT2D eigenvalue weighted by atomic mass is 9.95. The first-order valence-corrected chi connectivity index (χ1v) is 6.38. The van der Waals surface area contributed by atoms with Crippen LogP contribution in [0.5, 0.6) is 0 Å². The summed E-state index contributed by atoms with van der Waals surface area (Å²) in [4.78, 5) is 0. The molecular weight excluding hydrogens is 190 g/mol. The van der Waals surface area contributed by atoms with E-state index in [1.165, 1.54) is 0 Å². The molecule has 1 saturated heterocycles. The number of sulfonamides is 1. The third-order valence-corrected chi connectivity index (χ3v) is 3.24. The van der Waals surface area contributed by atoms with Crippen LogP contribution in [0.1, 0.15) is 25.7 Å². The molecule has 1 rings (SSSR count). The Bertz CT molecular complexity index is 232. The van der Waals surface area contributed by atoms with Crippen LogP contribution in [0.4, 0.5) is 0 Å². The van der Waals surface area contributed by atoms with Gasteiger partial charge in [-0.2, -0.15) is 0 Å². The Balaban J connectivity index is 2.11. The summed E-state index contributed by atoms with van der Waals surface area (Å²) in [6, 6.07) is 0. The Morgan fingerprint density at radius 1 is 1.31 bits per heavy atom. The van der Waals surface area contributed by atoms with Crippen molar-refractivity contribution < 1.29 is 13.2 Å². The molecular formula is C8H17NO3S. The van der Waals surface area contributed by atoms with Crippen molar-refractivity contribution in [2.45, 2.75) is 25.7 Å². The van der Waals surface area contributed by atoms with Gasteiger partial charge in [0, 0.05) is 13.2 Å². The van der Waals surface area contributed by atoms with Gasteiger partial charge in [-0.25, -0.2) is 13.6 Å². The van der Waals surface area contributed by atoms with E-state index in [0.29, 0.717) is 12.3 Å². The van der Waals surface area contributed by atoms with Gasteiger partial charge in [0.2, 0.25) is 10.0 Å². The van der Waals surface area contributed by atoms with Gasteiger partial charge in [0.25, 0.3) is 0 Å². The normalized spacial score (nSPS) is 20.4. The fourth-order valence-electron chi connectivity index (χ4n) is 1.61. The summed E-state index contributed by atoms with van der Waals surface area (Å²) in [7, 11) is -3.26. The third kappa shape index (κ3) is 5.23. The molecule has 1 heterocycles. The second-order valence-electron chi connectivity index (χ2n) is 3.56. The molecule has 0 unspecified atom stereocenters. The lowest BCUT2D eigenvalue weighted by Crippen LogP contribution is -2.19. The summed E-state index contributed by atoms with van der Waals surface area (Å²) < 4.78 is 26.5. The Morgan fingerprint density at radius 3 is 2.46 bits per heavy atom. The fourth-order valence-corrected chi connectivity index (χ4v) is 2.18. The topological polar surface area (TPSA) is 69.4 Å². The summed E-state index contributed by atoms with van der Waals surface area (Å²) in [5, 5.41) is 4.90. The van der Waals surface area contributed by atoms with Gasteiger partial charge in [-0.15, -0.1) is 0 Å². The van der Waals surface area contributed by atoms with Crippen molar-refractivity contribution in [2.24, 2.45) is 11.1 Å². The molecule has 0 saturated carbocycles. The van der Waals surface area contributed by atoms with Gasteiger partial charge in [0.1, 0.15) is 0 Å². The van der Waals surface area contributed by atoms with E-state index in [2.05, 4.69) is 0 Å². The maximum atomic E-state index is 10.6. The first-order valence-electron chi connectivity index (χ1n) is 4.66. The van der Waals surface area contributed by atoms with Crippen LogP contribution < -0.4 is 5.14 Å². The Hall–Kier alpha value is -0.130. The largest absolute Gasteiger partial charge is 0.381 e. The van der Waals surface area contributed by atoms with Gasteiger partial charge >= 0.3 is 0 Å². The number of rotatable bonds is 4. The number of primary sulfonamides is 1. The lowest BCUT2D eigenvalue weighted by Gasteiger charge is -2.21. The van der Waals surface area contributed by atoms with Crippen LogP contribution in [0.2, 0.25) is 0 Å². The molecule has 0 aliphatic carbocycles. The van der Waals surface area contributed by atoms with E-state index in [1.807, 2.05) is 0 Å². The maximum Gasteiger partial charge on any atom is 0.209 e. The van der Waals surface area contributed by atoms with Crippen molar-refractivity contribution in [3.05, 3.63) is 0 Å². The first kappa shape index (κ1) is 10.9. The highest BCUT2D eigenvalue weighted by Crippen LogP contribution is 2.19. The summed E-state index contributed by atoms with van der Waals surface area (Å²) in [6.07, 6.45) is 3.76. The van der Waals surface area contributed by atoms with Crippen molar-refractivity contribution >= 4 is 10.0 Å². The van der Waals surface area contributed by atoms with Crippen molar-refractivity contribution in [2.75, 3.05) is 19.0 Å². The van der Waals surface area contributed by atoms with Crippen molar-refractivity contribution in [1.29, 1.82) is 0 Å². The molecule has 0 amide bonds. The zero-order valence-corrected chi connectivity index (χ0v) is 8.55.